The molecule has 1 aromatic rings. The van der Waals surface area contributed by atoms with Crippen LogP contribution in [0.15, 0.2) is 18.5 Å². The molecule has 0 fully saturated rings. The van der Waals surface area contributed by atoms with Crippen molar-refractivity contribution >= 4 is 0 Å². The molecule has 1 unspecified atom stereocenters. The number of ether oxygens (including phenoxy) is 1. The minimum atomic E-state index is -4.61. The molecule has 98 valence electrons. The SMILES string of the molecule is COCCCCn1ccc(C(O)C(F)(F)F)c1. The first-order valence-corrected chi connectivity index (χ1v) is 5.34. The van der Waals surface area contributed by atoms with Crippen molar-refractivity contribution in [2.75, 3.05) is 13.7 Å². The lowest BCUT2D eigenvalue weighted by atomic mass is 10.2. The zero-order chi connectivity index (χ0) is 12.9. The van der Waals surface area contributed by atoms with E-state index >= 15 is 0 Å². The summed E-state index contributed by atoms with van der Waals surface area (Å²) in [5.41, 5.74) is -0.121. The first-order valence-electron chi connectivity index (χ1n) is 5.34. The summed E-state index contributed by atoms with van der Waals surface area (Å²) < 4.78 is 43.2. The molecule has 0 aliphatic heterocycles. The summed E-state index contributed by atoms with van der Waals surface area (Å²) in [7, 11) is 1.60. The third kappa shape index (κ3) is 4.40. The summed E-state index contributed by atoms with van der Waals surface area (Å²) in [5.74, 6) is 0. The van der Waals surface area contributed by atoms with Gasteiger partial charge in [0.2, 0.25) is 0 Å². The Morgan fingerprint density at radius 2 is 2.12 bits per heavy atom. The summed E-state index contributed by atoms with van der Waals surface area (Å²) in [6.45, 7) is 1.26. The number of rotatable bonds is 6. The highest BCUT2D eigenvalue weighted by Gasteiger charge is 2.39. The summed E-state index contributed by atoms with van der Waals surface area (Å²) in [4.78, 5) is 0. The predicted molar refractivity (Wildman–Crippen MR) is 56.6 cm³/mol. The van der Waals surface area contributed by atoms with Gasteiger partial charge in [0, 0.05) is 38.2 Å². The highest BCUT2D eigenvalue weighted by atomic mass is 19.4. The minimum absolute atomic E-state index is 0.121. The van der Waals surface area contributed by atoms with Crippen LogP contribution in [-0.4, -0.2) is 29.6 Å². The standard InChI is InChI=1S/C11H16F3NO2/c1-17-7-3-2-5-15-6-4-9(8-15)10(16)11(12,13)14/h4,6,8,10,16H,2-3,5,7H2,1H3. The Hall–Kier alpha value is -1.01. The number of aliphatic hydroxyl groups excluding tert-OH is 1. The van der Waals surface area contributed by atoms with Crippen LogP contribution in [0.4, 0.5) is 13.2 Å². The van der Waals surface area contributed by atoms with E-state index in [4.69, 9.17) is 9.84 Å². The fraction of sp³-hybridized carbons (Fsp3) is 0.636. The van der Waals surface area contributed by atoms with Gasteiger partial charge in [0.05, 0.1) is 0 Å². The van der Waals surface area contributed by atoms with Crippen molar-refractivity contribution in [1.29, 1.82) is 0 Å². The second-order valence-corrected chi connectivity index (χ2v) is 3.83. The van der Waals surface area contributed by atoms with Crippen molar-refractivity contribution < 1.29 is 23.0 Å². The number of halogens is 3. The molecule has 0 aliphatic rings. The number of aryl methyl sites for hydroxylation is 1. The zero-order valence-corrected chi connectivity index (χ0v) is 9.57. The van der Waals surface area contributed by atoms with E-state index in [9.17, 15) is 13.2 Å². The van der Waals surface area contributed by atoms with Gasteiger partial charge in [-0.2, -0.15) is 13.2 Å². The second kappa shape index (κ2) is 6.07. The van der Waals surface area contributed by atoms with Gasteiger partial charge in [-0.05, 0) is 18.9 Å². The first kappa shape index (κ1) is 14.1. The molecule has 0 amide bonds. The van der Waals surface area contributed by atoms with E-state index in [2.05, 4.69) is 0 Å². The Bertz CT molecular complexity index is 336. The van der Waals surface area contributed by atoms with Crippen molar-refractivity contribution in [3.63, 3.8) is 0 Å². The number of hydrogen-bond donors (Lipinski definition) is 1. The van der Waals surface area contributed by atoms with Crippen LogP contribution in [0.25, 0.3) is 0 Å². The number of aliphatic hydroxyl groups is 1. The molecule has 1 aromatic heterocycles. The summed E-state index contributed by atoms with van der Waals surface area (Å²) in [6.07, 6.45) is -2.47. The lowest BCUT2D eigenvalue weighted by Gasteiger charge is -2.12. The predicted octanol–water partition coefficient (Wildman–Crippen LogP) is 2.51. The molecule has 0 aromatic carbocycles. The monoisotopic (exact) mass is 251 g/mol. The van der Waals surface area contributed by atoms with E-state index in [1.807, 2.05) is 0 Å². The minimum Gasteiger partial charge on any atom is -0.385 e. The van der Waals surface area contributed by atoms with Crippen molar-refractivity contribution in [3.8, 4) is 0 Å². The third-order valence-electron chi connectivity index (χ3n) is 2.41. The van der Waals surface area contributed by atoms with E-state index in [1.165, 1.54) is 18.5 Å². The Morgan fingerprint density at radius 1 is 1.41 bits per heavy atom. The Morgan fingerprint density at radius 3 is 2.71 bits per heavy atom. The van der Waals surface area contributed by atoms with Crippen LogP contribution in [0.2, 0.25) is 0 Å². The largest absolute Gasteiger partial charge is 0.418 e. The smallest absolute Gasteiger partial charge is 0.385 e. The lowest BCUT2D eigenvalue weighted by molar-refractivity contribution is -0.206. The second-order valence-electron chi connectivity index (χ2n) is 3.83. The summed E-state index contributed by atoms with van der Waals surface area (Å²) in [6, 6.07) is 1.29. The Balaban J connectivity index is 2.48. The molecule has 0 saturated carbocycles. The maximum absolute atomic E-state index is 12.2. The van der Waals surface area contributed by atoms with E-state index in [0.29, 0.717) is 13.2 Å². The first-order chi connectivity index (χ1) is 7.95. The number of methoxy groups -OCH3 is 1. The van der Waals surface area contributed by atoms with E-state index < -0.39 is 12.3 Å². The summed E-state index contributed by atoms with van der Waals surface area (Å²) in [5, 5.41) is 9.02. The highest BCUT2D eigenvalue weighted by Crippen LogP contribution is 2.32. The normalized spacial score (nSPS) is 13.9. The van der Waals surface area contributed by atoms with Gasteiger partial charge in [0.25, 0.3) is 0 Å². The maximum Gasteiger partial charge on any atom is 0.418 e. The fourth-order valence-corrected chi connectivity index (χ4v) is 1.49. The number of nitrogens with zero attached hydrogens (tertiary/aromatic N) is 1. The van der Waals surface area contributed by atoms with Gasteiger partial charge in [-0.15, -0.1) is 0 Å². The van der Waals surface area contributed by atoms with Crippen LogP contribution in [0, 0.1) is 0 Å². The molecule has 1 heterocycles. The van der Waals surface area contributed by atoms with Crippen LogP contribution >= 0.6 is 0 Å². The Labute approximate surface area is 97.8 Å². The average Bonchev–Trinajstić information content (AvgIpc) is 2.70. The molecule has 17 heavy (non-hydrogen) atoms. The molecule has 6 heteroatoms. The van der Waals surface area contributed by atoms with Crippen LogP contribution in [0.5, 0.6) is 0 Å². The molecule has 0 saturated heterocycles. The van der Waals surface area contributed by atoms with Crippen LogP contribution in [0.3, 0.4) is 0 Å². The van der Waals surface area contributed by atoms with Gasteiger partial charge in [0.1, 0.15) is 0 Å². The average molecular weight is 251 g/mol. The van der Waals surface area contributed by atoms with E-state index in [-0.39, 0.29) is 5.56 Å². The molecule has 0 bridgehead atoms. The molecule has 0 radical (unpaired) electrons. The van der Waals surface area contributed by atoms with Gasteiger partial charge in [-0.3, -0.25) is 0 Å². The Kier molecular flexibility index (Phi) is 5.02. The van der Waals surface area contributed by atoms with Gasteiger partial charge in [-0.1, -0.05) is 0 Å². The molecular formula is C11H16F3NO2. The van der Waals surface area contributed by atoms with Crippen molar-refractivity contribution in [2.45, 2.75) is 31.7 Å². The van der Waals surface area contributed by atoms with E-state index in [0.717, 1.165) is 12.8 Å². The molecule has 1 atom stereocenters. The van der Waals surface area contributed by atoms with Crippen molar-refractivity contribution in [2.24, 2.45) is 0 Å². The van der Waals surface area contributed by atoms with Gasteiger partial charge < -0.3 is 14.4 Å². The molecule has 1 N–H and O–H groups in total. The maximum atomic E-state index is 12.2. The number of hydrogen-bond acceptors (Lipinski definition) is 2. The van der Waals surface area contributed by atoms with Crippen LogP contribution < -0.4 is 0 Å². The number of aromatic nitrogens is 1. The molecule has 3 nitrogen and oxygen atoms in total. The van der Waals surface area contributed by atoms with Crippen LogP contribution in [-0.2, 0) is 11.3 Å². The summed E-state index contributed by atoms with van der Waals surface area (Å²) >= 11 is 0. The third-order valence-corrected chi connectivity index (χ3v) is 2.41. The quantitative estimate of drug-likeness (QED) is 0.788. The van der Waals surface area contributed by atoms with Gasteiger partial charge in [-0.25, -0.2) is 0 Å². The van der Waals surface area contributed by atoms with Gasteiger partial charge in [0.15, 0.2) is 6.10 Å². The molecule has 1 rings (SSSR count). The molecule has 0 spiro atoms. The lowest BCUT2D eigenvalue weighted by Crippen LogP contribution is -2.19. The van der Waals surface area contributed by atoms with Crippen LogP contribution in [0.1, 0.15) is 24.5 Å². The fourth-order valence-electron chi connectivity index (χ4n) is 1.49. The van der Waals surface area contributed by atoms with E-state index in [1.54, 1.807) is 11.7 Å². The highest BCUT2D eigenvalue weighted by molar-refractivity contribution is 5.15. The van der Waals surface area contributed by atoms with Gasteiger partial charge >= 0.3 is 6.18 Å². The zero-order valence-electron chi connectivity index (χ0n) is 9.57. The van der Waals surface area contributed by atoms with Crippen molar-refractivity contribution in [1.82, 2.24) is 4.57 Å². The molecular weight excluding hydrogens is 235 g/mol. The topological polar surface area (TPSA) is 34.4 Å². The number of alkyl halides is 3. The van der Waals surface area contributed by atoms with Crippen molar-refractivity contribution in [3.05, 3.63) is 24.0 Å². The number of unbranched alkanes of at least 4 members (excludes halogenated alkanes) is 1. The molecule has 0 aliphatic carbocycles.